The van der Waals surface area contributed by atoms with Gasteiger partial charge in [0.2, 0.25) is 0 Å². The fourth-order valence-corrected chi connectivity index (χ4v) is 2.81. The molecule has 0 aromatic carbocycles. The molecule has 0 fully saturated rings. The first-order valence-electron chi connectivity index (χ1n) is 4.36. The number of hydrogen-bond acceptors (Lipinski definition) is 2. The van der Waals surface area contributed by atoms with E-state index in [1.54, 1.807) is 18.3 Å². The number of halogens is 1. The molecule has 1 nitrogen and oxygen atoms in total. The second kappa shape index (κ2) is 4.91. The molecule has 0 saturated carbocycles. The lowest BCUT2D eigenvalue weighted by molar-refractivity contribution is -0.120. The Bertz CT molecular complexity index is 293. The van der Waals surface area contributed by atoms with E-state index in [2.05, 4.69) is 34.3 Å². The van der Waals surface area contributed by atoms with Crippen molar-refractivity contribution in [3.8, 4) is 0 Å². The molecule has 1 atom stereocenters. The lowest BCUT2D eigenvalue weighted by Gasteiger charge is -2.08. The smallest absolute Gasteiger partial charge is 0.133 e. The third kappa shape index (κ3) is 3.24. The number of thiophene rings is 1. The van der Waals surface area contributed by atoms with Crippen LogP contribution in [0, 0.1) is 5.92 Å². The van der Waals surface area contributed by atoms with E-state index in [1.165, 1.54) is 4.88 Å². The molecule has 1 aromatic rings. The molecule has 3 heteroatoms. The van der Waals surface area contributed by atoms with Gasteiger partial charge in [-0.3, -0.25) is 4.79 Å². The highest BCUT2D eigenvalue weighted by molar-refractivity contribution is 9.10. The number of carbonyl (C=O) groups is 1. The predicted octanol–water partition coefficient (Wildman–Crippen LogP) is 3.67. The molecule has 0 radical (unpaired) electrons. The predicted molar refractivity (Wildman–Crippen MR) is 60.2 cm³/mol. The molecule has 0 aliphatic rings. The quantitative estimate of drug-likeness (QED) is 0.808. The molecular weight excluding hydrogens is 248 g/mol. The zero-order valence-electron chi connectivity index (χ0n) is 7.84. The van der Waals surface area contributed by atoms with E-state index in [4.69, 9.17) is 0 Å². The summed E-state index contributed by atoms with van der Waals surface area (Å²) in [7, 11) is 0. The minimum atomic E-state index is 0.200. The van der Waals surface area contributed by atoms with Crippen molar-refractivity contribution in [3.63, 3.8) is 0 Å². The minimum Gasteiger partial charge on any atom is -0.300 e. The van der Waals surface area contributed by atoms with Gasteiger partial charge in [0.15, 0.2) is 0 Å². The summed E-state index contributed by atoms with van der Waals surface area (Å²) in [4.78, 5) is 12.5. The number of hydrogen-bond donors (Lipinski definition) is 0. The molecule has 0 amide bonds. The highest BCUT2D eigenvalue weighted by Gasteiger charge is 2.13. The van der Waals surface area contributed by atoms with Gasteiger partial charge >= 0.3 is 0 Å². The van der Waals surface area contributed by atoms with Gasteiger partial charge in [-0.2, -0.15) is 0 Å². The fourth-order valence-electron chi connectivity index (χ4n) is 1.28. The molecule has 0 saturated heterocycles. The van der Waals surface area contributed by atoms with Crippen molar-refractivity contribution in [2.24, 2.45) is 5.92 Å². The largest absolute Gasteiger partial charge is 0.300 e. The summed E-state index contributed by atoms with van der Waals surface area (Å²) in [5.41, 5.74) is 0. The van der Waals surface area contributed by atoms with Crippen LogP contribution in [0.4, 0.5) is 0 Å². The van der Waals surface area contributed by atoms with Crippen LogP contribution in [0.2, 0.25) is 0 Å². The second-order valence-electron chi connectivity index (χ2n) is 3.15. The summed E-state index contributed by atoms with van der Waals surface area (Å²) >= 11 is 5.12. The van der Waals surface area contributed by atoms with Crippen LogP contribution in [0.1, 0.15) is 25.1 Å². The average molecular weight is 261 g/mol. The van der Waals surface area contributed by atoms with Gasteiger partial charge in [0.25, 0.3) is 0 Å². The molecule has 0 N–H and O–H groups in total. The highest BCUT2D eigenvalue weighted by atomic mass is 79.9. The van der Waals surface area contributed by atoms with E-state index in [-0.39, 0.29) is 5.92 Å². The molecule has 1 heterocycles. The zero-order chi connectivity index (χ0) is 9.84. The van der Waals surface area contributed by atoms with Crippen molar-refractivity contribution in [1.29, 1.82) is 0 Å². The van der Waals surface area contributed by atoms with Crippen LogP contribution in [0.3, 0.4) is 0 Å². The van der Waals surface area contributed by atoms with E-state index in [0.29, 0.717) is 5.78 Å². The van der Waals surface area contributed by atoms with Crippen molar-refractivity contribution >= 4 is 33.0 Å². The maximum atomic E-state index is 11.2. The van der Waals surface area contributed by atoms with Gasteiger partial charge in [0, 0.05) is 20.6 Å². The lowest BCUT2D eigenvalue weighted by Crippen LogP contribution is -2.11. The van der Waals surface area contributed by atoms with Gasteiger partial charge in [-0.25, -0.2) is 0 Å². The normalized spacial score (nSPS) is 12.8. The van der Waals surface area contributed by atoms with Crippen molar-refractivity contribution < 1.29 is 4.79 Å². The fraction of sp³-hybridized carbons (Fsp3) is 0.500. The van der Waals surface area contributed by atoms with Crippen molar-refractivity contribution in [2.75, 3.05) is 0 Å². The second-order valence-corrected chi connectivity index (χ2v) is 5.06. The summed E-state index contributed by atoms with van der Waals surface area (Å²) in [6, 6.07) is 2.09. The summed E-state index contributed by atoms with van der Waals surface area (Å²) in [5.74, 6) is 0.498. The molecule has 0 aliphatic heterocycles. The summed E-state index contributed by atoms with van der Waals surface area (Å²) in [6.07, 6.45) is 1.83. The van der Waals surface area contributed by atoms with Gasteiger partial charge in [0.1, 0.15) is 5.78 Å². The van der Waals surface area contributed by atoms with Crippen LogP contribution in [0.25, 0.3) is 0 Å². The molecule has 0 bridgehead atoms. The highest BCUT2D eigenvalue weighted by Crippen LogP contribution is 2.23. The Morgan fingerprint density at radius 3 is 2.77 bits per heavy atom. The topological polar surface area (TPSA) is 17.1 Å². The Morgan fingerprint density at radius 2 is 2.38 bits per heavy atom. The van der Waals surface area contributed by atoms with Crippen LogP contribution in [0.15, 0.2) is 15.9 Å². The first-order valence-corrected chi connectivity index (χ1v) is 6.04. The van der Waals surface area contributed by atoms with Crippen LogP contribution >= 0.6 is 27.3 Å². The number of carbonyl (C=O) groups excluding carboxylic acids is 1. The van der Waals surface area contributed by atoms with Gasteiger partial charge in [0.05, 0.1) is 0 Å². The monoisotopic (exact) mass is 260 g/mol. The molecule has 0 aliphatic carbocycles. The maximum absolute atomic E-state index is 11.2. The third-order valence-electron chi connectivity index (χ3n) is 2.14. The van der Waals surface area contributed by atoms with Gasteiger partial charge in [-0.05, 0) is 41.8 Å². The van der Waals surface area contributed by atoms with Crippen molar-refractivity contribution in [1.82, 2.24) is 0 Å². The Morgan fingerprint density at radius 1 is 1.69 bits per heavy atom. The minimum absolute atomic E-state index is 0.200. The molecule has 1 unspecified atom stereocenters. The first-order chi connectivity index (χ1) is 6.13. The average Bonchev–Trinajstić information content (AvgIpc) is 2.46. The molecule has 0 spiro atoms. The molecular formula is C10H13BrOS. The van der Waals surface area contributed by atoms with Crippen LogP contribution in [0.5, 0.6) is 0 Å². The van der Waals surface area contributed by atoms with E-state index in [0.717, 1.165) is 17.3 Å². The SMILES string of the molecule is CCC(Cc1cc(Br)cs1)C(C)=O. The summed E-state index contributed by atoms with van der Waals surface area (Å²) in [5, 5.41) is 2.06. The number of ketones is 1. The van der Waals surface area contributed by atoms with E-state index in [9.17, 15) is 4.79 Å². The first kappa shape index (κ1) is 10.9. The van der Waals surface area contributed by atoms with Crippen molar-refractivity contribution in [3.05, 3.63) is 20.8 Å². The number of rotatable bonds is 4. The van der Waals surface area contributed by atoms with E-state index in [1.807, 2.05) is 0 Å². The van der Waals surface area contributed by atoms with Gasteiger partial charge in [-0.1, -0.05) is 6.92 Å². The summed E-state index contributed by atoms with van der Waals surface area (Å²) < 4.78 is 1.12. The summed E-state index contributed by atoms with van der Waals surface area (Å²) in [6.45, 7) is 3.74. The Balaban J connectivity index is 2.61. The van der Waals surface area contributed by atoms with Crippen molar-refractivity contribution in [2.45, 2.75) is 26.7 Å². The van der Waals surface area contributed by atoms with Crippen LogP contribution in [-0.4, -0.2) is 5.78 Å². The number of Topliss-reactive ketones (excluding diaryl/α,β-unsaturated/α-hetero) is 1. The zero-order valence-corrected chi connectivity index (χ0v) is 10.2. The van der Waals surface area contributed by atoms with Crippen LogP contribution < -0.4 is 0 Å². The van der Waals surface area contributed by atoms with Gasteiger partial charge in [-0.15, -0.1) is 11.3 Å². The molecule has 13 heavy (non-hydrogen) atoms. The maximum Gasteiger partial charge on any atom is 0.133 e. The Labute approximate surface area is 91.3 Å². The molecule has 1 aromatic heterocycles. The molecule has 1 rings (SSSR count). The molecule has 72 valence electrons. The van der Waals surface area contributed by atoms with Gasteiger partial charge < -0.3 is 0 Å². The van der Waals surface area contributed by atoms with Crippen LogP contribution in [-0.2, 0) is 11.2 Å². The Kier molecular flexibility index (Phi) is 4.13. The van der Waals surface area contributed by atoms with E-state index < -0.39 is 0 Å². The Hall–Kier alpha value is -0.150. The standard InChI is InChI=1S/C10H13BrOS/c1-3-8(7(2)12)4-10-5-9(11)6-13-10/h5-6,8H,3-4H2,1-2H3. The lowest BCUT2D eigenvalue weighted by atomic mass is 9.97. The third-order valence-corrected chi connectivity index (χ3v) is 3.86. The van der Waals surface area contributed by atoms with E-state index >= 15 is 0 Å².